The van der Waals surface area contributed by atoms with E-state index in [9.17, 15) is 16.8 Å². The highest BCUT2D eigenvalue weighted by atomic mass is 32.2. The van der Waals surface area contributed by atoms with Gasteiger partial charge in [0.05, 0.1) is 11.5 Å². The molecule has 1 unspecified atom stereocenters. The van der Waals surface area contributed by atoms with Crippen LogP contribution in [0.2, 0.25) is 0 Å². The Morgan fingerprint density at radius 3 is 2.48 bits per heavy atom. The Balaban J connectivity index is 1.69. The van der Waals surface area contributed by atoms with Gasteiger partial charge < -0.3 is 4.74 Å². The lowest BCUT2D eigenvalue weighted by Gasteiger charge is -2.34. The van der Waals surface area contributed by atoms with E-state index in [1.165, 1.54) is 11.3 Å². The number of hydrogen-bond acceptors (Lipinski definition) is 6. The highest BCUT2D eigenvalue weighted by Gasteiger charge is 2.34. The smallest absolute Gasteiger partial charge is 0.252 e. The largest absolute Gasteiger partial charge is 0.493 e. The molecule has 172 valence electrons. The number of aryl methyl sites for hydroxylation is 2. The second-order valence-electron chi connectivity index (χ2n) is 7.70. The topological polar surface area (TPSA) is 92.8 Å². The van der Waals surface area contributed by atoms with Crippen molar-refractivity contribution in [2.24, 2.45) is 0 Å². The van der Waals surface area contributed by atoms with E-state index in [-0.39, 0.29) is 17.5 Å². The van der Waals surface area contributed by atoms with E-state index in [2.05, 4.69) is 4.72 Å². The number of rotatable bonds is 9. The molecule has 1 aromatic heterocycles. The fourth-order valence-corrected chi connectivity index (χ4v) is 8.05. The number of ether oxygens (including phenoxy) is 1. The molecule has 7 nitrogen and oxygen atoms in total. The summed E-state index contributed by atoms with van der Waals surface area (Å²) in [5.74, 6) is 0.707. The highest BCUT2D eigenvalue weighted by Crippen LogP contribution is 2.30. The van der Waals surface area contributed by atoms with Gasteiger partial charge in [-0.2, -0.15) is 4.31 Å². The molecule has 1 aliphatic heterocycles. The lowest BCUT2D eigenvalue weighted by molar-refractivity contribution is 0.242. The second-order valence-corrected chi connectivity index (χ2v) is 12.5. The molecule has 0 spiro atoms. The van der Waals surface area contributed by atoms with Crippen LogP contribution in [0, 0.1) is 13.8 Å². The van der Waals surface area contributed by atoms with Crippen LogP contribution >= 0.6 is 11.3 Å². The predicted molar refractivity (Wildman–Crippen MR) is 123 cm³/mol. The van der Waals surface area contributed by atoms with Gasteiger partial charge in [-0.05, 0) is 74.7 Å². The first kappa shape index (κ1) is 24.2. The molecule has 0 amide bonds. The van der Waals surface area contributed by atoms with Crippen LogP contribution in [0.1, 0.15) is 43.7 Å². The van der Waals surface area contributed by atoms with E-state index in [0.29, 0.717) is 29.5 Å². The van der Waals surface area contributed by atoms with Gasteiger partial charge in [-0.15, -0.1) is 11.3 Å². The summed E-state index contributed by atoms with van der Waals surface area (Å²) in [6, 6.07) is 6.34. The Bertz CT molecular complexity index is 1070. The Hall–Kier alpha value is -1.46. The van der Waals surface area contributed by atoms with Crippen LogP contribution in [0.4, 0.5) is 0 Å². The van der Waals surface area contributed by atoms with Gasteiger partial charge in [0.2, 0.25) is 10.0 Å². The molecule has 31 heavy (non-hydrogen) atoms. The van der Waals surface area contributed by atoms with Crippen molar-refractivity contribution in [2.75, 3.05) is 19.7 Å². The van der Waals surface area contributed by atoms with Crippen LogP contribution in [0.15, 0.2) is 38.8 Å². The number of hydrogen-bond donors (Lipinski definition) is 1. The number of piperidine rings is 1. The van der Waals surface area contributed by atoms with E-state index in [0.717, 1.165) is 30.4 Å². The highest BCUT2D eigenvalue weighted by molar-refractivity contribution is 7.91. The molecule has 1 aliphatic rings. The normalized spacial score (nSPS) is 18.2. The Labute approximate surface area is 189 Å². The third-order valence-electron chi connectivity index (χ3n) is 5.43. The molecule has 0 aliphatic carbocycles. The molecule has 1 aromatic carbocycles. The molecule has 0 bridgehead atoms. The van der Waals surface area contributed by atoms with Crippen molar-refractivity contribution in [3.05, 3.63) is 40.8 Å². The number of nitrogens with zero attached hydrogens (tertiary/aromatic N) is 1. The van der Waals surface area contributed by atoms with Crippen LogP contribution in [0.25, 0.3) is 0 Å². The zero-order valence-corrected chi connectivity index (χ0v) is 20.6. The fraction of sp³-hybridized carbons (Fsp3) is 0.524. The average Bonchev–Trinajstić information content (AvgIpc) is 3.26. The lowest BCUT2D eigenvalue weighted by Crippen LogP contribution is -2.44. The number of nitrogens with one attached hydrogen (secondary N) is 1. The van der Waals surface area contributed by atoms with Gasteiger partial charge in [0.1, 0.15) is 9.96 Å². The Kier molecular flexibility index (Phi) is 7.80. The monoisotopic (exact) mass is 486 g/mol. The fourth-order valence-electron chi connectivity index (χ4n) is 3.99. The third-order valence-corrected chi connectivity index (χ3v) is 10.2. The summed E-state index contributed by atoms with van der Waals surface area (Å²) in [4.78, 5) is 0.192. The Morgan fingerprint density at radius 1 is 1.16 bits per heavy atom. The maximum absolute atomic E-state index is 13.0. The first-order valence-electron chi connectivity index (χ1n) is 10.5. The zero-order chi connectivity index (χ0) is 22.6. The quantitative estimate of drug-likeness (QED) is 0.584. The van der Waals surface area contributed by atoms with E-state index in [1.54, 1.807) is 34.0 Å². The summed E-state index contributed by atoms with van der Waals surface area (Å²) in [7, 11) is -7.25. The summed E-state index contributed by atoms with van der Waals surface area (Å²) in [5.41, 5.74) is 1.53. The van der Waals surface area contributed by atoms with Gasteiger partial charge in [-0.1, -0.05) is 12.5 Å². The van der Waals surface area contributed by atoms with Gasteiger partial charge >= 0.3 is 0 Å². The minimum absolute atomic E-state index is 0.175. The molecule has 2 aromatic rings. The predicted octanol–water partition coefficient (Wildman–Crippen LogP) is 3.68. The maximum atomic E-state index is 13.0. The minimum atomic E-state index is -3.71. The number of thiophene rings is 1. The minimum Gasteiger partial charge on any atom is -0.493 e. The SMILES string of the molecule is CCOc1c(C)cc(S(=O)(=O)NCCC2CCCCN2S(=O)(=O)c2cccs2)cc1C. The van der Waals surface area contributed by atoms with E-state index >= 15 is 0 Å². The van der Waals surface area contributed by atoms with Crippen molar-refractivity contribution in [3.8, 4) is 5.75 Å². The standard InChI is InChI=1S/C21H30N2O5S3/c1-4-28-21-16(2)14-19(15-17(21)3)30(24,25)22-11-10-18-8-5-6-12-23(18)31(26,27)20-9-7-13-29-20/h7,9,13-15,18,22H,4-6,8,10-12H2,1-3H3. The van der Waals surface area contributed by atoms with E-state index in [4.69, 9.17) is 4.74 Å². The molecule has 0 radical (unpaired) electrons. The summed E-state index contributed by atoms with van der Waals surface area (Å²) >= 11 is 1.21. The first-order valence-corrected chi connectivity index (χ1v) is 14.3. The summed E-state index contributed by atoms with van der Waals surface area (Å²) in [5, 5.41) is 1.75. The second kappa shape index (κ2) is 9.99. The average molecular weight is 487 g/mol. The molecule has 1 fully saturated rings. The molecule has 10 heteroatoms. The lowest BCUT2D eigenvalue weighted by atomic mass is 10.0. The Morgan fingerprint density at radius 2 is 1.87 bits per heavy atom. The molecule has 1 saturated heterocycles. The van der Waals surface area contributed by atoms with Crippen LogP contribution in [-0.4, -0.2) is 46.9 Å². The molecule has 1 atom stereocenters. The molecule has 3 rings (SSSR count). The summed E-state index contributed by atoms with van der Waals surface area (Å²) in [6.45, 7) is 6.69. The van der Waals surface area contributed by atoms with Crippen molar-refractivity contribution >= 4 is 31.4 Å². The molecule has 0 saturated carbocycles. The van der Waals surface area contributed by atoms with Gasteiger partial charge in [0.25, 0.3) is 10.0 Å². The first-order chi connectivity index (χ1) is 14.7. The van der Waals surface area contributed by atoms with E-state index in [1.807, 2.05) is 20.8 Å². The molecule has 1 N–H and O–H groups in total. The molecular weight excluding hydrogens is 456 g/mol. The van der Waals surface area contributed by atoms with Crippen molar-refractivity contribution in [3.63, 3.8) is 0 Å². The van der Waals surface area contributed by atoms with Gasteiger partial charge in [-0.3, -0.25) is 0 Å². The van der Waals surface area contributed by atoms with E-state index < -0.39 is 20.0 Å². The van der Waals surface area contributed by atoms with Crippen LogP contribution in [0.3, 0.4) is 0 Å². The third kappa shape index (κ3) is 5.48. The van der Waals surface area contributed by atoms with Gasteiger partial charge in [0.15, 0.2) is 0 Å². The van der Waals surface area contributed by atoms with Crippen LogP contribution < -0.4 is 9.46 Å². The van der Waals surface area contributed by atoms with Crippen molar-refractivity contribution in [1.29, 1.82) is 0 Å². The maximum Gasteiger partial charge on any atom is 0.252 e. The summed E-state index contributed by atoms with van der Waals surface area (Å²) < 4.78 is 61.8. The van der Waals surface area contributed by atoms with Gasteiger partial charge in [-0.25, -0.2) is 21.6 Å². The van der Waals surface area contributed by atoms with Gasteiger partial charge in [0, 0.05) is 19.1 Å². The van der Waals surface area contributed by atoms with Crippen LogP contribution in [-0.2, 0) is 20.0 Å². The summed E-state index contributed by atoms with van der Waals surface area (Å²) in [6.07, 6.45) is 2.91. The van der Waals surface area contributed by atoms with Crippen molar-refractivity contribution < 1.29 is 21.6 Å². The number of sulfonamides is 2. The molecular formula is C21H30N2O5S3. The van der Waals surface area contributed by atoms with Crippen molar-refractivity contribution in [2.45, 2.75) is 61.6 Å². The number of benzene rings is 1. The molecule has 2 heterocycles. The van der Waals surface area contributed by atoms with Crippen LogP contribution in [0.5, 0.6) is 5.75 Å². The van der Waals surface area contributed by atoms with Crippen molar-refractivity contribution in [1.82, 2.24) is 9.03 Å². The zero-order valence-electron chi connectivity index (χ0n) is 18.1.